The van der Waals surface area contributed by atoms with Crippen molar-refractivity contribution in [3.05, 3.63) is 35.4 Å². The van der Waals surface area contributed by atoms with Gasteiger partial charge in [-0.15, -0.1) is 0 Å². The molecule has 0 fully saturated rings. The molecule has 0 aromatic heterocycles. The number of nitriles is 1. The first-order valence-corrected chi connectivity index (χ1v) is 3.84. The van der Waals surface area contributed by atoms with Gasteiger partial charge in [0.25, 0.3) is 0 Å². The Morgan fingerprint density at radius 2 is 2.29 bits per heavy atom. The van der Waals surface area contributed by atoms with E-state index in [0.717, 1.165) is 0 Å². The number of phenolic OH excluding ortho intramolecular Hbond substituents is 1. The van der Waals surface area contributed by atoms with Crippen molar-refractivity contribution in [2.45, 2.75) is 0 Å². The second-order valence-electron chi connectivity index (χ2n) is 2.62. The lowest BCUT2D eigenvalue weighted by molar-refractivity contribution is -0.113. The first kappa shape index (κ1) is 9.81. The summed E-state index contributed by atoms with van der Waals surface area (Å²) in [7, 11) is 0. The summed E-state index contributed by atoms with van der Waals surface area (Å²) in [6.07, 6.45) is 2.64. The van der Waals surface area contributed by atoms with Gasteiger partial charge in [-0.25, -0.2) is 0 Å². The van der Waals surface area contributed by atoms with E-state index in [4.69, 9.17) is 11.0 Å². The van der Waals surface area contributed by atoms with Gasteiger partial charge in [-0.05, 0) is 23.8 Å². The van der Waals surface area contributed by atoms with E-state index in [1.54, 1.807) is 6.07 Å². The van der Waals surface area contributed by atoms with Crippen LogP contribution in [0.5, 0.6) is 5.75 Å². The molecule has 1 aromatic carbocycles. The average Bonchev–Trinajstić information content (AvgIpc) is 2.15. The predicted octanol–water partition coefficient (Wildman–Crippen LogP) is 0.762. The summed E-state index contributed by atoms with van der Waals surface area (Å²) in [4.78, 5) is 10.4. The molecule has 0 aliphatic carbocycles. The van der Waals surface area contributed by atoms with E-state index >= 15 is 0 Å². The number of carbonyl (C=O) groups excluding carboxylic acids is 1. The van der Waals surface area contributed by atoms with Crippen LogP contribution in [-0.2, 0) is 4.79 Å². The van der Waals surface area contributed by atoms with Gasteiger partial charge < -0.3 is 10.8 Å². The summed E-state index contributed by atoms with van der Waals surface area (Å²) in [5.74, 6) is -0.673. The summed E-state index contributed by atoms with van der Waals surface area (Å²) in [5.41, 5.74) is 5.70. The van der Waals surface area contributed by atoms with E-state index < -0.39 is 5.91 Å². The molecule has 0 saturated heterocycles. The van der Waals surface area contributed by atoms with Crippen molar-refractivity contribution in [3.8, 4) is 11.8 Å². The molecule has 0 saturated carbocycles. The fourth-order valence-electron chi connectivity index (χ4n) is 0.925. The second-order valence-corrected chi connectivity index (χ2v) is 2.62. The maximum atomic E-state index is 10.4. The van der Waals surface area contributed by atoms with Gasteiger partial charge in [-0.2, -0.15) is 5.26 Å². The van der Waals surface area contributed by atoms with E-state index in [-0.39, 0.29) is 11.3 Å². The third-order valence-corrected chi connectivity index (χ3v) is 1.58. The van der Waals surface area contributed by atoms with Crippen molar-refractivity contribution in [3.63, 3.8) is 0 Å². The molecule has 0 atom stereocenters. The van der Waals surface area contributed by atoms with Crippen LogP contribution in [0.25, 0.3) is 6.08 Å². The Morgan fingerprint density at radius 3 is 2.79 bits per heavy atom. The molecule has 3 N–H and O–H groups in total. The van der Waals surface area contributed by atoms with E-state index in [0.29, 0.717) is 5.56 Å². The molecule has 0 heterocycles. The first-order chi connectivity index (χ1) is 6.63. The molecule has 0 radical (unpaired) electrons. The van der Waals surface area contributed by atoms with E-state index in [9.17, 15) is 9.90 Å². The molecule has 1 aromatic rings. The Balaban J connectivity index is 2.99. The largest absolute Gasteiger partial charge is 0.507 e. The van der Waals surface area contributed by atoms with Crippen LogP contribution >= 0.6 is 0 Å². The van der Waals surface area contributed by atoms with Crippen molar-refractivity contribution >= 4 is 12.0 Å². The molecule has 1 amide bonds. The molecule has 4 nitrogen and oxygen atoms in total. The maximum absolute atomic E-state index is 10.4. The minimum Gasteiger partial charge on any atom is -0.507 e. The van der Waals surface area contributed by atoms with Gasteiger partial charge in [-0.1, -0.05) is 6.07 Å². The Hall–Kier alpha value is -2.28. The van der Waals surface area contributed by atoms with Crippen LogP contribution in [0.1, 0.15) is 11.1 Å². The van der Waals surface area contributed by atoms with Crippen LogP contribution in [0.15, 0.2) is 24.3 Å². The molecule has 1 rings (SSSR count). The fraction of sp³-hybridized carbons (Fsp3) is 0. The minimum absolute atomic E-state index is 0.112. The molecular weight excluding hydrogens is 180 g/mol. The van der Waals surface area contributed by atoms with Gasteiger partial charge in [0.2, 0.25) is 5.91 Å². The number of primary amides is 1. The second kappa shape index (κ2) is 4.10. The highest BCUT2D eigenvalue weighted by Crippen LogP contribution is 2.18. The molecule has 0 unspecified atom stereocenters. The third-order valence-electron chi connectivity index (χ3n) is 1.58. The van der Waals surface area contributed by atoms with Gasteiger partial charge in [0.15, 0.2) is 0 Å². The third kappa shape index (κ3) is 2.35. The summed E-state index contributed by atoms with van der Waals surface area (Å²) >= 11 is 0. The van der Waals surface area contributed by atoms with Crippen molar-refractivity contribution in [1.82, 2.24) is 0 Å². The number of benzene rings is 1. The molecule has 0 aliphatic heterocycles. The zero-order valence-corrected chi connectivity index (χ0v) is 7.27. The average molecular weight is 188 g/mol. The van der Waals surface area contributed by atoms with Gasteiger partial charge in [0.1, 0.15) is 11.8 Å². The number of aromatic hydroxyl groups is 1. The lowest BCUT2D eigenvalue weighted by Gasteiger charge is -1.96. The van der Waals surface area contributed by atoms with Crippen molar-refractivity contribution in [2.75, 3.05) is 0 Å². The molecule has 14 heavy (non-hydrogen) atoms. The Morgan fingerprint density at radius 1 is 1.57 bits per heavy atom. The number of amides is 1. The number of rotatable bonds is 2. The monoisotopic (exact) mass is 188 g/mol. The normalized spacial score (nSPS) is 9.93. The molecule has 0 spiro atoms. The maximum Gasteiger partial charge on any atom is 0.241 e. The molecule has 0 bridgehead atoms. The van der Waals surface area contributed by atoms with Crippen LogP contribution in [-0.4, -0.2) is 11.0 Å². The lowest BCUT2D eigenvalue weighted by atomic mass is 10.1. The predicted molar refractivity (Wildman–Crippen MR) is 51.1 cm³/mol. The van der Waals surface area contributed by atoms with Crippen LogP contribution in [0, 0.1) is 11.3 Å². The van der Waals surface area contributed by atoms with Crippen molar-refractivity contribution in [2.24, 2.45) is 5.73 Å². The van der Waals surface area contributed by atoms with E-state index in [1.807, 2.05) is 6.07 Å². The Labute approximate surface area is 80.9 Å². The van der Waals surface area contributed by atoms with Gasteiger partial charge in [0.05, 0.1) is 5.56 Å². The smallest absolute Gasteiger partial charge is 0.241 e. The van der Waals surface area contributed by atoms with Crippen LogP contribution in [0.4, 0.5) is 0 Å². The molecule has 4 heteroatoms. The fourth-order valence-corrected chi connectivity index (χ4v) is 0.925. The quantitative estimate of drug-likeness (QED) is 0.671. The van der Waals surface area contributed by atoms with Gasteiger partial charge in [-0.3, -0.25) is 4.79 Å². The standard InChI is InChI=1S/C10H8N2O2/c11-6-8-3-1-7(5-9(8)13)2-4-10(12)14/h1-5,13H,(H2,12,14). The number of hydrogen-bond donors (Lipinski definition) is 2. The van der Waals surface area contributed by atoms with Crippen molar-refractivity contribution < 1.29 is 9.90 Å². The summed E-state index contributed by atoms with van der Waals surface area (Å²) in [6.45, 7) is 0. The van der Waals surface area contributed by atoms with Gasteiger partial charge >= 0.3 is 0 Å². The summed E-state index contributed by atoms with van der Waals surface area (Å²) < 4.78 is 0. The van der Waals surface area contributed by atoms with Gasteiger partial charge in [0, 0.05) is 6.08 Å². The van der Waals surface area contributed by atoms with Crippen molar-refractivity contribution in [1.29, 1.82) is 5.26 Å². The summed E-state index contributed by atoms with van der Waals surface area (Å²) in [6, 6.07) is 6.29. The van der Waals surface area contributed by atoms with Crippen LogP contribution in [0.2, 0.25) is 0 Å². The SMILES string of the molecule is N#Cc1ccc(C=CC(N)=O)cc1O. The van der Waals surface area contributed by atoms with Crippen LogP contribution in [0.3, 0.4) is 0 Å². The molecule has 0 aliphatic rings. The number of nitrogens with zero attached hydrogens (tertiary/aromatic N) is 1. The number of phenols is 1. The topological polar surface area (TPSA) is 87.1 Å². The lowest BCUT2D eigenvalue weighted by Crippen LogP contribution is -2.05. The molecular formula is C10H8N2O2. The number of hydrogen-bond acceptors (Lipinski definition) is 3. The van der Waals surface area contributed by atoms with E-state index in [1.165, 1.54) is 24.3 Å². The molecule has 70 valence electrons. The minimum atomic E-state index is -0.561. The Kier molecular flexibility index (Phi) is 2.87. The zero-order chi connectivity index (χ0) is 10.6. The number of carbonyl (C=O) groups is 1. The Bertz CT molecular complexity index is 430. The van der Waals surface area contributed by atoms with Crippen LogP contribution < -0.4 is 5.73 Å². The first-order valence-electron chi connectivity index (χ1n) is 3.84. The number of nitrogens with two attached hydrogens (primary N) is 1. The highest BCUT2D eigenvalue weighted by molar-refractivity contribution is 5.90. The highest BCUT2D eigenvalue weighted by Gasteiger charge is 1.99. The van der Waals surface area contributed by atoms with E-state index in [2.05, 4.69) is 0 Å². The zero-order valence-electron chi connectivity index (χ0n) is 7.27. The summed E-state index contributed by atoms with van der Waals surface area (Å²) in [5, 5.41) is 17.8. The highest BCUT2D eigenvalue weighted by atomic mass is 16.3.